The lowest BCUT2D eigenvalue weighted by molar-refractivity contribution is 0.0568. The summed E-state index contributed by atoms with van der Waals surface area (Å²) in [6, 6.07) is 14.3. The number of aromatic nitrogens is 6. The maximum Gasteiger partial charge on any atom is 0.333 e. The van der Waals surface area contributed by atoms with Crippen LogP contribution in [0, 0.1) is 0 Å². The third-order valence-electron chi connectivity index (χ3n) is 5.99. The molecule has 0 saturated heterocycles. The Kier molecular flexibility index (Phi) is 4.61. The van der Waals surface area contributed by atoms with Gasteiger partial charge in [-0.05, 0) is 53.6 Å². The van der Waals surface area contributed by atoms with Crippen molar-refractivity contribution in [2.45, 2.75) is 25.6 Å². The highest BCUT2D eigenvalue weighted by molar-refractivity contribution is 5.84. The van der Waals surface area contributed by atoms with Gasteiger partial charge in [0.2, 0.25) is 0 Å². The number of rotatable bonds is 4. The van der Waals surface area contributed by atoms with Crippen LogP contribution in [0.5, 0.6) is 0 Å². The molecule has 0 bridgehead atoms. The lowest BCUT2D eigenvalue weighted by Crippen LogP contribution is -2.03. The number of nitrogen functional groups attached to an aromatic ring is 1. The molecule has 4 heterocycles. The maximum absolute atomic E-state index is 14.0. The van der Waals surface area contributed by atoms with Crippen molar-refractivity contribution in [1.82, 2.24) is 29.3 Å². The second kappa shape index (κ2) is 7.68. The normalized spacial score (nSPS) is 15.4. The van der Waals surface area contributed by atoms with Gasteiger partial charge >= 0.3 is 6.55 Å². The van der Waals surface area contributed by atoms with Gasteiger partial charge in [-0.15, -0.1) is 0 Å². The first kappa shape index (κ1) is 20.4. The number of hydrogen-bond acceptors (Lipinski definition) is 5. The number of pyridine rings is 2. The molecule has 0 amide bonds. The Labute approximate surface area is 191 Å². The van der Waals surface area contributed by atoms with Crippen LogP contribution in [-0.4, -0.2) is 35.5 Å². The summed E-state index contributed by atoms with van der Waals surface area (Å²) in [5, 5.41) is 3.93. The number of hydrogen-bond donors (Lipinski definition) is 1. The Morgan fingerprint density at radius 1 is 0.971 bits per heavy atom. The van der Waals surface area contributed by atoms with E-state index in [1.807, 2.05) is 28.8 Å². The highest BCUT2D eigenvalue weighted by Crippen LogP contribution is 2.34. The predicted molar refractivity (Wildman–Crippen MR) is 121 cm³/mol. The van der Waals surface area contributed by atoms with Crippen molar-refractivity contribution in [2.24, 2.45) is 0 Å². The van der Waals surface area contributed by atoms with Gasteiger partial charge in [0.05, 0.1) is 11.3 Å². The summed E-state index contributed by atoms with van der Waals surface area (Å²) in [5.74, 6) is 0.832. The smallest absolute Gasteiger partial charge is 0.333 e. The summed E-state index contributed by atoms with van der Waals surface area (Å²) in [4.78, 5) is 13.7. The first-order chi connectivity index (χ1) is 16.5. The molecule has 0 spiro atoms. The molecule has 0 radical (unpaired) electrons. The number of nitrogens with two attached hydrogens (primary N) is 1. The molecule has 2 N–H and O–H groups in total. The summed E-state index contributed by atoms with van der Waals surface area (Å²) in [6.07, 6.45) is 2.66. The molecule has 0 saturated carbocycles. The molecule has 1 aromatic carbocycles. The van der Waals surface area contributed by atoms with E-state index in [0.29, 0.717) is 57.3 Å². The first-order valence-electron chi connectivity index (χ1n) is 10.7. The van der Waals surface area contributed by atoms with E-state index in [2.05, 4.69) is 10.1 Å². The lowest BCUT2D eigenvalue weighted by Gasteiger charge is -2.12. The van der Waals surface area contributed by atoms with Gasteiger partial charge in [0.15, 0.2) is 11.5 Å². The van der Waals surface area contributed by atoms with Crippen LogP contribution in [0.25, 0.3) is 39.6 Å². The second-order valence-corrected chi connectivity index (χ2v) is 8.16. The van der Waals surface area contributed by atoms with Crippen LogP contribution in [0.1, 0.15) is 17.7 Å². The van der Waals surface area contributed by atoms with E-state index in [4.69, 9.17) is 15.7 Å². The largest absolute Gasteiger partial charge is 0.383 e. The van der Waals surface area contributed by atoms with Crippen molar-refractivity contribution in [1.29, 1.82) is 0 Å². The number of nitrogens with zero attached hydrogens (tertiary/aromatic N) is 6. The van der Waals surface area contributed by atoms with Crippen molar-refractivity contribution in [3.8, 4) is 28.5 Å². The topological polar surface area (TPSA) is 87.4 Å². The number of alkyl halides is 3. The summed E-state index contributed by atoms with van der Waals surface area (Å²) in [7, 11) is 0. The molecule has 34 heavy (non-hydrogen) atoms. The third kappa shape index (κ3) is 3.30. The molecule has 1 aliphatic rings. The molecular formula is C24H18F3N7. The monoisotopic (exact) mass is 461 g/mol. The summed E-state index contributed by atoms with van der Waals surface area (Å²) >= 11 is 0. The Hall–Kier alpha value is -4.21. The van der Waals surface area contributed by atoms with E-state index in [1.54, 1.807) is 24.4 Å². The van der Waals surface area contributed by atoms with E-state index in [-0.39, 0.29) is 0 Å². The van der Waals surface area contributed by atoms with Gasteiger partial charge in [0, 0.05) is 30.9 Å². The summed E-state index contributed by atoms with van der Waals surface area (Å²) in [5.41, 5.74) is 11.3. The molecule has 7 nitrogen and oxygen atoms in total. The fraction of sp³-hybridized carbons (Fsp3) is 0.167. The molecule has 170 valence electrons. The van der Waals surface area contributed by atoms with Gasteiger partial charge in [0.25, 0.3) is 0 Å². The van der Waals surface area contributed by atoms with Gasteiger partial charge in [-0.3, -0.25) is 4.57 Å². The van der Waals surface area contributed by atoms with E-state index < -0.39 is 12.7 Å². The van der Waals surface area contributed by atoms with Crippen molar-refractivity contribution in [3.63, 3.8) is 0 Å². The highest BCUT2D eigenvalue weighted by atomic mass is 19.3. The molecule has 1 aliphatic carbocycles. The lowest BCUT2D eigenvalue weighted by atomic mass is 10.1. The Morgan fingerprint density at radius 2 is 1.82 bits per heavy atom. The Morgan fingerprint density at radius 3 is 2.62 bits per heavy atom. The average Bonchev–Trinajstić information content (AvgIpc) is 3.54. The van der Waals surface area contributed by atoms with Crippen LogP contribution < -0.4 is 5.73 Å². The molecule has 10 heteroatoms. The molecule has 5 aromatic rings. The van der Waals surface area contributed by atoms with Crippen LogP contribution in [-0.2, 0) is 12.8 Å². The number of benzene rings is 1. The van der Waals surface area contributed by atoms with Gasteiger partial charge in [0.1, 0.15) is 23.2 Å². The van der Waals surface area contributed by atoms with E-state index in [1.165, 1.54) is 12.3 Å². The SMILES string of the molecule is Nc1ncccc1-c1nc2ccc(-c3ccn(C(F)F)n3)nc2n1-c1ccc2c(c1)CC(F)C2. The zero-order valence-corrected chi connectivity index (χ0v) is 17.7. The minimum Gasteiger partial charge on any atom is -0.383 e. The van der Waals surface area contributed by atoms with Crippen molar-refractivity contribution >= 4 is 17.0 Å². The maximum atomic E-state index is 14.0. The molecule has 1 atom stereocenters. The molecule has 4 aromatic heterocycles. The average molecular weight is 461 g/mol. The van der Waals surface area contributed by atoms with Crippen molar-refractivity contribution < 1.29 is 13.2 Å². The third-order valence-corrected chi connectivity index (χ3v) is 5.99. The van der Waals surface area contributed by atoms with Crippen molar-refractivity contribution in [2.75, 3.05) is 5.73 Å². The number of imidazole rings is 1. The van der Waals surface area contributed by atoms with E-state index in [0.717, 1.165) is 16.8 Å². The zero-order chi connectivity index (χ0) is 23.4. The minimum atomic E-state index is -2.74. The van der Waals surface area contributed by atoms with Crippen LogP contribution in [0.3, 0.4) is 0 Å². The van der Waals surface area contributed by atoms with Crippen LogP contribution >= 0.6 is 0 Å². The van der Waals surface area contributed by atoms with E-state index in [9.17, 15) is 13.2 Å². The number of anilines is 1. The second-order valence-electron chi connectivity index (χ2n) is 8.16. The standard InChI is InChI=1S/C24H18F3N7/c25-15-10-13-3-4-16(12-14(13)11-15)34-22(17-2-1-8-29-21(17)28)31-20-6-5-18(30-23(20)34)19-7-9-33(32-19)24(26)27/h1-9,12,15,24H,10-11H2,(H2,28,29). The van der Waals surface area contributed by atoms with Gasteiger partial charge < -0.3 is 5.73 Å². The van der Waals surface area contributed by atoms with Crippen LogP contribution in [0.2, 0.25) is 0 Å². The van der Waals surface area contributed by atoms with Crippen LogP contribution in [0.4, 0.5) is 19.0 Å². The molecule has 0 fully saturated rings. The minimum absolute atomic E-state index is 0.305. The first-order valence-corrected chi connectivity index (χ1v) is 10.7. The van der Waals surface area contributed by atoms with Crippen LogP contribution in [0.15, 0.2) is 60.9 Å². The molecular weight excluding hydrogens is 443 g/mol. The Balaban J connectivity index is 1.58. The number of fused-ring (bicyclic) bond motifs is 2. The van der Waals surface area contributed by atoms with Gasteiger partial charge in [-0.25, -0.2) is 24.0 Å². The van der Waals surface area contributed by atoms with Gasteiger partial charge in [-0.1, -0.05) is 6.07 Å². The Bertz CT molecular complexity index is 1540. The van der Waals surface area contributed by atoms with Gasteiger partial charge in [-0.2, -0.15) is 13.9 Å². The zero-order valence-electron chi connectivity index (χ0n) is 17.7. The quantitative estimate of drug-likeness (QED) is 0.417. The molecule has 0 aliphatic heterocycles. The fourth-order valence-corrected chi connectivity index (χ4v) is 4.41. The van der Waals surface area contributed by atoms with E-state index >= 15 is 0 Å². The number of halogens is 3. The predicted octanol–water partition coefficient (Wildman–Crippen LogP) is 4.76. The summed E-state index contributed by atoms with van der Waals surface area (Å²) < 4.78 is 42.5. The fourth-order valence-electron chi connectivity index (χ4n) is 4.41. The highest BCUT2D eigenvalue weighted by Gasteiger charge is 2.24. The van der Waals surface area contributed by atoms with Crippen molar-refractivity contribution in [3.05, 3.63) is 72.1 Å². The summed E-state index contributed by atoms with van der Waals surface area (Å²) in [6.45, 7) is -2.74. The molecule has 6 rings (SSSR count). The molecule has 1 unspecified atom stereocenters.